The number of aromatic nitrogens is 6. The summed E-state index contributed by atoms with van der Waals surface area (Å²) >= 11 is 0. The van der Waals surface area contributed by atoms with Crippen LogP contribution in [-0.4, -0.2) is 35.9 Å². The van der Waals surface area contributed by atoms with Gasteiger partial charge in [0.15, 0.2) is 0 Å². The molecule has 8 nitrogen and oxygen atoms in total. The molecule has 0 radical (unpaired) electrons. The number of nitrogens with zero attached hydrogens (tertiary/aromatic N) is 6. The van der Waals surface area contributed by atoms with Crippen molar-refractivity contribution in [3.05, 3.63) is 57.9 Å². The lowest BCUT2D eigenvalue weighted by molar-refractivity contribution is 0.277. The fraction of sp³-hybridized carbons (Fsp3) is 0.474. The molecule has 0 amide bonds. The Labute approximate surface area is 157 Å². The Hall–Kier alpha value is -2.90. The molecule has 3 aromatic rings. The molecule has 1 fully saturated rings. The third kappa shape index (κ3) is 3.94. The maximum Gasteiger partial charge on any atom is 0.269 e. The molecule has 0 aromatic carbocycles. The van der Waals surface area contributed by atoms with Gasteiger partial charge < -0.3 is 4.74 Å². The maximum absolute atomic E-state index is 12.3. The van der Waals surface area contributed by atoms with E-state index < -0.39 is 0 Å². The molecule has 1 aliphatic carbocycles. The molecule has 0 aliphatic heterocycles. The van der Waals surface area contributed by atoms with Crippen molar-refractivity contribution in [2.24, 2.45) is 27.1 Å². The van der Waals surface area contributed by atoms with Gasteiger partial charge in [-0.3, -0.25) is 14.2 Å². The average Bonchev–Trinajstić information content (AvgIpc) is 3.09. The molecule has 0 N–H and O–H groups in total. The normalized spacial score (nSPS) is 18.6. The lowest BCUT2D eigenvalue weighted by atomic mass is 10.1. The van der Waals surface area contributed by atoms with Gasteiger partial charge in [-0.1, -0.05) is 0 Å². The van der Waals surface area contributed by atoms with Gasteiger partial charge >= 0.3 is 0 Å². The monoisotopic (exact) mass is 368 g/mol. The van der Waals surface area contributed by atoms with Crippen LogP contribution in [0, 0.1) is 5.92 Å². The van der Waals surface area contributed by atoms with Crippen LogP contribution in [0.2, 0.25) is 0 Å². The first kappa shape index (κ1) is 17.5. The second-order valence-electron chi connectivity index (χ2n) is 7.24. The zero-order valence-electron chi connectivity index (χ0n) is 15.9. The van der Waals surface area contributed by atoms with Crippen LogP contribution in [0.25, 0.3) is 0 Å². The van der Waals surface area contributed by atoms with Gasteiger partial charge in [0.25, 0.3) is 5.56 Å². The molecule has 3 aromatic heterocycles. The third-order valence-corrected chi connectivity index (χ3v) is 5.02. The van der Waals surface area contributed by atoms with Crippen molar-refractivity contribution in [1.82, 2.24) is 29.3 Å². The van der Waals surface area contributed by atoms with E-state index in [1.165, 1.54) is 4.68 Å². The molecule has 0 saturated heterocycles. The zero-order chi connectivity index (χ0) is 19.0. The summed E-state index contributed by atoms with van der Waals surface area (Å²) < 4.78 is 10.8. The van der Waals surface area contributed by atoms with Gasteiger partial charge in [-0.2, -0.15) is 10.2 Å². The largest absolute Gasteiger partial charge is 0.476 e. The fourth-order valence-corrected chi connectivity index (χ4v) is 3.37. The van der Waals surface area contributed by atoms with Crippen LogP contribution in [0.5, 0.6) is 5.88 Å². The van der Waals surface area contributed by atoms with Crippen LogP contribution in [0.3, 0.4) is 0 Å². The van der Waals surface area contributed by atoms with E-state index in [2.05, 4.69) is 21.4 Å². The first-order valence-electron chi connectivity index (χ1n) is 9.17. The maximum atomic E-state index is 12.3. The van der Waals surface area contributed by atoms with E-state index in [0.29, 0.717) is 42.7 Å². The first-order valence-corrected chi connectivity index (χ1v) is 9.17. The van der Waals surface area contributed by atoms with E-state index in [-0.39, 0.29) is 5.56 Å². The van der Waals surface area contributed by atoms with E-state index in [1.54, 1.807) is 17.8 Å². The van der Waals surface area contributed by atoms with Crippen molar-refractivity contribution in [3.63, 3.8) is 0 Å². The minimum atomic E-state index is -0.0870. The van der Waals surface area contributed by atoms with Gasteiger partial charge in [-0.15, -0.1) is 5.10 Å². The van der Waals surface area contributed by atoms with E-state index in [4.69, 9.17) is 4.74 Å². The van der Waals surface area contributed by atoms with Crippen LogP contribution in [0.15, 0.2) is 35.4 Å². The number of hydrogen-bond acceptors (Lipinski definition) is 5. The molecule has 142 valence electrons. The minimum absolute atomic E-state index is 0.0870. The smallest absolute Gasteiger partial charge is 0.269 e. The number of aryl methyl sites for hydroxylation is 5. The standard InChI is InChI=1S/C19H24N6O2/c1-23-8-6-15(20-23)5-4-13-11-18(22-25(3)19(13)26)27-12-14-10-16(14)17-7-9-24(2)21-17/h6-9,11,14,16H,4-5,10,12H2,1-3H3/t14-,16+/m1/s1. The molecule has 0 bridgehead atoms. The Balaban J connectivity index is 1.38. The molecule has 1 saturated carbocycles. The first-order chi connectivity index (χ1) is 13.0. The number of hydrogen-bond donors (Lipinski definition) is 0. The van der Waals surface area contributed by atoms with E-state index in [0.717, 1.165) is 17.8 Å². The zero-order valence-corrected chi connectivity index (χ0v) is 15.9. The summed E-state index contributed by atoms with van der Waals surface area (Å²) in [5, 5.41) is 13.1. The van der Waals surface area contributed by atoms with Gasteiger partial charge in [0.2, 0.25) is 5.88 Å². The number of rotatable bonds is 7. The number of ether oxygens (including phenoxy) is 1. The summed E-state index contributed by atoms with van der Waals surface area (Å²) in [5.41, 5.74) is 2.70. The van der Waals surface area contributed by atoms with E-state index in [9.17, 15) is 4.79 Å². The Morgan fingerprint density at radius 2 is 1.85 bits per heavy atom. The predicted molar refractivity (Wildman–Crippen MR) is 99.6 cm³/mol. The van der Waals surface area contributed by atoms with Crippen LogP contribution in [0.4, 0.5) is 0 Å². The summed E-state index contributed by atoms with van der Waals surface area (Å²) in [4.78, 5) is 12.3. The molecule has 0 spiro atoms. The van der Waals surface area contributed by atoms with Crippen LogP contribution in [-0.2, 0) is 34.0 Å². The van der Waals surface area contributed by atoms with Gasteiger partial charge in [0.1, 0.15) is 0 Å². The summed E-state index contributed by atoms with van der Waals surface area (Å²) in [6, 6.07) is 5.79. The Bertz CT molecular complexity index is 1000. The lowest BCUT2D eigenvalue weighted by Crippen LogP contribution is -2.24. The van der Waals surface area contributed by atoms with Crippen LogP contribution < -0.4 is 10.3 Å². The molecule has 1 aliphatic rings. The van der Waals surface area contributed by atoms with E-state index in [1.807, 2.05) is 37.2 Å². The van der Waals surface area contributed by atoms with Crippen molar-refractivity contribution >= 4 is 0 Å². The third-order valence-electron chi connectivity index (χ3n) is 5.02. The highest BCUT2D eigenvalue weighted by molar-refractivity contribution is 5.20. The van der Waals surface area contributed by atoms with Crippen molar-refractivity contribution in [2.75, 3.05) is 6.61 Å². The molecular formula is C19H24N6O2. The molecule has 27 heavy (non-hydrogen) atoms. The van der Waals surface area contributed by atoms with Gasteiger partial charge in [0, 0.05) is 57.0 Å². The second kappa shape index (κ2) is 7.02. The second-order valence-corrected chi connectivity index (χ2v) is 7.24. The lowest BCUT2D eigenvalue weighted by Gasteiger charge is -2.08. The average molecular weight is 368 g/mol. The fourth-order valence-electron chi connectivity index (χ4n) is 3.37. The molecule has 3 heterocycles. The minimum Gasteiger partial charge on any atom is -0.476 e. The van der Waals surface area contributed by atoms with Crippen LogP contribution in [0.1, 0.15) is 29.3 Å². The highest BCUT2D eigenvalue weighted by Gasteiger charge is 2.40. The van der Waals surface area contributed by atoms with Gasteiger partial charge in [-0.05, 0) is 31.4 Å². The highest BCUT2D eigenvalue weighted by Crippen LogP contribution is 2.46. The predicted octanol–water partition coefficient (Wildman–Crippen LogP) is 1.21. The SMILES string of the molecule is Cn1ccc(CCc2cc(OC[C@H]3C[C@@H]3c3ccn(C)n3)nn(C)c2=O)n1. The highest BCUT2D eigenvalue weighted by atomic mass is 16.5. The Kier molecular flexibility index (Phi) is 4.55. The Morgan fingerprint density at radius 3 is 2.56 bits per heavy atom. The summed E-state index contributed by atoms with van der Waals surface area (Å²) in [6.45, 7) is 0.589. The summed E-state index contributed by atoms with van der Waals surface area (Å²) in [7, 11) is 5.47. The molecule has 4 rings (SSSR count). The van der Waals surface area contributed by atoms with Crippen molar-refractivity contribution in [3.8, 4) is 5.88 Å². The Morgan fingerprint density at radius 1 is 1.07 bits per heavy atom. The molecule has 2 atom stereocenters. The molecule has 8 heteroatoms. The van der Waals surface area contributed by atoms with Gasteiger partial charge in [-0.25, -0.2) is 4.68 Å². The topological polar surface area (TPSA) is 79.8 Å². The van der Waals surface area contributed by atoms with Crippen molar-refractivity contribution < 1.29 is 4.74 Å². The molecule has 0 unspecified atom stereocenters. The molecular weight excluding hydrogens is 344 g/mol. The quantitative estimate of drug-likeness (QED) is 0.626. The van der Waals surface area contributed by atoms with Crippen molar-refractivity contribution in [2.45, 2.75) is 25.2 Å². The van der Waals surface area contributed by atoms with Gasteiger partial charge in [0.05, 0.1) is 18.0 Å². The van der Waals surface area contributed by atoms with Crippen LogP contribution >= 0.6 is 0 Å². The summed E-state index contributed by atoms with van der Waals surface area (Å²) in [6.07, 6.45) is 6.28. The van der Waals surface area contributed by atoms with Crippen molar-refractivity contribution in [1.29, 1.82) is 0 Å². The van der Waals surface area contributed by atoms with E-state index >= 15 is 0 Å². The summed E-state index contributed by atoms with van der Waals surface area (Å²) in [5.74, 6) is 1.41.